The van der Waals surface area contributed by atoms with Gasteiger partial charge in [0.2, 0.25) is 0 Å². The van der Waals surface area contributed by atoms with Gasteiger partial charge in [0.1, 0.15) is 11.6 Å². The van der Waals surface area contributed by atoms with Crippen molar-refractivity contribution in [2.75, 3.05) is 19.0 Å². The molecule has 1 aromatic rings. The maximum absolute atomic E-state index is 5.56. The summed E-state index contributed by atoms with van der Waals surface area (Å²) in [6.45, 7) is 0. The van der Waals surface area contributed by atoms with Crippen molar-refractivity contribution in [3.8, 4) is 0 Å². The van der Waals surface area contributed by atoms with Gasteiger partial charge in [0.05, 0.1) is 5.88 Å². The minimum atomic E-state index is 0. The van der Waals surface area contributed by atoms with Crippen LogP contribution >= 0.6 is 24.0 Å². The van der Waals surface area contributed by atoms with E-state index in [1.54, 1.807) is 6.20 Å². The zero-order valence-electron chi connectivity index (χ0n) is 6.99. The number of aromatic nitrogens is 2. The number of hydrogen-bond donors (Lipinski definition) is 0. The maximum atomic E-state index is 5.56. The highest BCUT2D eigenvalue weighted by atomic mass is 35.5. The van der Waals surface area contributed by atoms with Gasteiger partial charge in [-0.1, -0.05) is 0 Å². The van der Waals surface area contributed by atoms with Gasteiger partial charge in [-0.2, -0.15) is 0 Å². The van der Waals surface area contributed by atoms with Gasteiger partial charge in [0.15, 0.2) is 0 Å². The van der Waals surface area contributed by atoms with E-state index in [1.807, 2.05) is 25.1 Å². The van der Waals surface area contributed by atoms with Crippen molar-refractivity contribution in [2.24, 2.45) is 0 Å². The Labute approximate surface area is 83.2 Å². The van der Waals surface area contributed by atoms with Crippen LogP contribution in [0.1, 0.15) is 5.82 Å². The fourth-order valence-electron chi connectivity index (χ4n) is 0.702. The lowest BCUT2D eigenvalue weighted by Gasteiger charge is -2.10. The van der Waals surface area contributed by atoms with E-state index in [-0.39, 0.29) is 12.4 Å². The standard InChI is InChI=1S/C7H10ClN3.ClH/c1-11(2)7-3-4-9-6(5-8)10-7;/h3-4H,5H2,1-2H3;1H. The summed E-state index contributed by atoms with van der Waals surface area (Å²) in [5, 5.41) is 0. The Bertz CT molecular complexity index is 240. The Kier molecular flexibility index (Phi) is 4.93. The molecule has 1 rings (SSSR count). The van der Waals surface area contributed by atoms with Gasteiger partial charge in [-0.15, -0.1) is 24.0 Å². The highest BCUT2D eigenvalue weighted by Crippen LogP contribution is 2.06. The molecule has 5 heteroatoms. The Morgan fingerprint density at radius 1 is 1.50 bits per heavy atom. The topological polar surface area (TPSA) is 29.0 Å². The molecule has 0 aromatic carbocycles. The first kappa shape index (κ1) is 11.5. The first-order valence-electron chi connectivity index (χ1n) is 3.29. The molecule has 0 saturated heterocycles. The lowest BCUT2D eigenvalue weighted by molar-refractivity contribution is 0.975. The average Bonchev–Trinajstić information content (AvgIpc) is 2.05. The van der Waals surface area contributed by atoms with Gasteiger partial charge in [-0.05, 0) is 6.07 Å². The number of hydrogen-bond acceptors (Lipinski definition) is 3. The van der Waals surface area contributed by atoms with E-state index < -0.39 is 0 Å². The smallest absolute Gasteiger partial charge is 0.145 e. The van der Waals surface area contributed by atoms with E-state index in [0.29, 0.717) is 11.7 Å². The Hall–Kier alpha value is -0.540. The van der Waals surface area contributed by atoms with Gasteiger partial charge < -0.3 is 4.90 Å². The van der Waals surface area contributed by atoms with E-state index in [1.165, 1.54) is 0 Å². The van der Waals surface area contributed by atoms with Crippen LogP contribution in [0, 0.1) is 0 Å². The zero-order chi connectivity index (χ0) is 8.27. The van der Waals surface area contributed by atoms with Crippen molar-refractivity contribution in [3.63, 3.8) is 0 Å². The highest BCUT2D eigenvalue weighted by Gasteiger charge is 1.97. The largest absolute Gasteiger partial charge is 0.363 e. The molecule has 0 aliphatic heterocycles. The van der Waals surface area contributed by atoms with Crippen molar-refractivity contribution in [3.05, 3.63) is 18.1 Å². The molecule has 1 aromatic heterocycles. The van der Waals surface area contributed by atoms with E-state index in [4.69, 9.17) is 11.6 Å². The highest BCUT2D eigenvalue weighted by molar-refractivity contribution is 6.16. The molecule has 0 saturated carbocycles. The third-order valence-electron chi connectivity index (χ3n) is 1.27. The second kappa shape index (κ2) is 5.17. The van der Waals surface area contributed by atoms with Crippen LogP contribution in [0.5, 0.6) is 0 Å². The van der Waals surface area contributed by atoms with Crippen molar-refractivity contribution in [2.45, 2.75) is 5.88 Å². The molecule has 0 atom stereocenters. The number of nitrogens with zero attached hydrogens (tertiary/aromatic N) is 3. The number of alkyl halides is 1. The van der Waals surface area contributed by atoms with E-state index >= 15 is 0 Å². The molecule has 0 spiro atoms. The average molecular weight is 208 g/mol. The van der Waals surface area contributed by atoms with Crippen LogP contribution < -0.4 is 4.90 Å². The molecular formula is C7H11Cl2N3. The SMILES string of the molecule is CN(C)c1ccnc(CCl)n1.Cl. The van der Waals surface area contributed by atoms with Crippen LogP contribution in [0.2, 0.25) is 0 Å². The molecule has 12 heavy (non-hydrogen) atoms. The Morgan fingerprint density at radius 2 is 2.17 bits per heavy atom. The molecule has 0 amide bonds. The molecule has 3 nitrogen and oxygen atoms in total. The van der Waals surface area contributed by atoms with Crippen LogP contribution in [-0.2, 0) is 5.88 Å². The summed E-state index contributed by atoms with van der Waals surface area (Å²) in [6.07, 6.45) is 1.71. The fourth-order valence-corrected chi connectivity index (χ4v) is 0.831. The molecule has 1 heterocycles. The molecule has 0 aliphatic carbocycles. The van der Waals surface area contributed by atoms with Gasteiger partial charge in [-0.25, -0.2) is 9.97 Å². The number of halogens is 2. The molecule has 0 fully saturated rings. The first-order valence-corrected chi connectivity index (χ1v) is 3.82. The van der Waals surface area contributed by atoms with Crippen molar-refractivity contribution < 1.29 is 0 Å². The van der Waals surface area contributed by atoms with Crippen molar-refractivity contribution in [1.82, 2.24) is 9.97 Å². The van der Waals surface area contributed by atoms with Gasteiger partial charge >= 0.3 is 0 Å². The first-order chi connectivity index (χ1) is 5.24. The van der Waals surface area contributed by atoms with Crippen LogP contribution in [0.3, 0.4) is 0 Å². The van der Waals surface area contributed by atoms with E-state index in [9.17, 15) is 0 Å². The summed E-state index contributed by atoms with van der Waals surface area (Å²) >= 11 is 5.56. The second-order valence-electron chi connectivity index (χ2n) is 2.36. The third-order valence-corrected chi connectivity index (χ3v) is 1.51. The number of anilines is 1. The molecule has 68 valence electrons. The minimum Gasteiger partial charge on any atom is -0.363 e. The second-order valence-corrected chi connectivity index (χ2v) is 2.63. The predicted molar refractivity (Wildman–Crippen MR) is 53.2 cm³/mol. The van der Waals surface area contributed by atoms with E-state index in [0.717, 1.165) is 5.82 Å². The molecule has 0 radical (unpaired) electrons. The molecule has 0 unspecified atom stereocenters. The predicted octanol–water partition coefficient (Wildman–Crippen LogP) is 1.70. The molecular weight excluding hydrogens is 197 g/mol. The summed E-state index contributed by atoms with van der Waals surface area (Å²) in [5.41, 5.74) is 0. The summed E-state index contributed by atoms with van der Waals surface area (Å²) in [7, 11) is 3.86. The van der Waals surface area contributed by atoms with Gasteiger partial charge in [0, 0.05) is 20.3 Å². The molecule has 0 bridgehead atoms. The van der Waals surface area contributed by atoms with Gasteiger partial charge in [-0.3, -0.25) is 0 Å². The van der Waals surface area contributed by atoms with Crippen LogP contribution in [0.25, 0.3) is 0 Å². The quantitative estimate of drug-likeness (QED) is 0.692. The van der Waals surface area contributed by atoms with Crippen LogP contribution in [0.15, 0.2) is 12.3 Å². The fraction of sp³-hybridized carbons (Fsp3) is 0.429. The van der Waals surface area contributed by atoms with Crippen molar-refractivity contribution >= 4 is 29.8 Å². The minimum absolute atomic E-state index is 0. The Morgan fingerprint density at radius 3 is 2.67 bits per heavy atom. The lowest BCUT2D eigenvalue weighted by Crippen LogP contribution is -2.11. The Balaban J connectivity index is 0.00000121. The summed E-state index contributed by atoms with van der Waals surface area (Å²) in [5.74, 6) is 1.91. The lowest BCUT2D eigenvalue weighted by atomic mass is 10.5. The monoisotopic (exact) mass is 207 g/mol. The maximum Gasteiger partial charge on any atom is 0.145 e. The summed E-state index contributed by atoms with van der Waals surface area (Å²) in [4.78, 5) is 10.1. The van der Waals surface area contributed by atoms with Crippen LogP contribution in [0.4, 0.5) is 5.82 Å². The molecule has 0 N–H and O–H groups in total. The normalized spacial score (nSPS) is 8.92. The van der Waals surface area contributed by atoms with Gasteiger partial charge in [0.25, 0.3) is 0 Å². The summed E-state index contributed by atoms with van der Waals surface area (Å²) in [6, 6.07) is 1.84. The van der Waals surface area contributed by atoms with Crippen LogP contribution in [-0.4, -0.2) is 24.1 Å². The summed E-state index contributed by atoms with van der Waals surface area (Å²) < 4.78 is 0. The third kappa shape index (κ3) is 2.83. The van der Waals surface area contributed by atoms with Crippen molar-refractivity contribution in [1.29, 1.82) is 0 Å². The molecule has 0 aliphatic rings. The van der Waals surface area contributed by atoms with E-state index in [2.05, 4.69) is 9.97 Å². The number of rotatable bonds is 2. The zero-order valence-corrected chi connectivity index (χ0v) is 8.56.